The average Bonchev–Trinajstić information content (AvgIpc) is 2.31. The monoisotopic (exact) mass is 314 g/mol. The maximum absolute atomic E-state index is 5.72. The Morgan fingerprint density at radius 3 is 2.89 bits per heavy atom. The third-order valence-electron chi connectivity index (χ3n) is 2.50. The Morgan fingerprint density at radius 2 is 2.22 bits per heavy atom. The lowest BCUT2D eigenvalue weighted by Crippen LogP contribution is -2.19. The Morgan fingerprint density at radius 1 is 1.44 bits per heavy atom. The molecule has 1 aromatic heterocycles. The molecule has 4 heteroatoms. The summed E-state index contributed by atoms with van der Waals surface area (Å²) < 4.78 is 6.71. The number of nitrogens with zero attached hydrogens (tertiary/aromatic N) is 1. The van der Waals surface area contributed by atoms with Gasteiger partial charge >= 0.3 is 0 Å². The number of unbranched alkanes of at least 4 members (excludes halogenated alkanes) is 1. The van der Waals surface area contributed by atoms with Crippen LogP contribution in [0.4, 0.5) is 0 Å². The highest BCUT2D eigenvalue weighted by molar-refractivity contribution is 9.10. The van der Waals surface area contributed by atoms with E-state index in [2.05, 4.69) is 53.1 Å². The van der Waals surface area contributed by atoms with Gasteiger partial charge in [-0.25, -0.2) is 4.98 Å². The van der Waals surface area contributed by atoms with Gasteiger partial charge in [0.2, 0.25) is 5.88 Å². The molecule has 1 aromatic rings. The molecule has 0 saturated heterocycles. The standard InChI is InChI=1S/C14H23BrN2O/c1-4-5-6-18-14-12(7-13(15)10-17-14)9-16-8-11(2)3/h7,10-11,16H,4-6,8-9H2,1-3H3. The van der Waals surface area contributed by atoms with Crippen molar-refractivity contribution in [1.29, 1.82) is 0 Å². The van der Waals surface area contributed by atoms with E-state index < -0.39 is 0 Å². The molecule has 3 nitrogen and oxygen atoms in total. The number of aromatic nitrogens is 1. The summed E-state index contributed by atoms with van der Waals surface area (Å²) in [7, 11) is 0. The molecule has 1 heterocycles. The first-order valence-corrected chi connectivity index (χ1v) is 7.40. The average molecular weight is 315 g/mol. The Labute approximate surface area is 118 Å². The van der Waals surface area contributed by atoms with Gasteiger partial charge < -0.3 is 10.1 Å². The summed E-state index contributed by atoms with van der Waals surface area (Å²) >= 11 is 3.45. The number of hydrogen-bond acceptors (Lipinski definition) is 3. The van der Waals surface area contributed by atoms with Crippen LogP contribution in [0.1, 0.15) is 39.2 Å². The number of hydrogen-bond donors (Lipinski definition) is 1. The fraction of sp³-hybridized carbons (Fsp3) is 0.643. The minimum Gasteiger partial charge on any atom is -0.477 e. The highest BCUT2D eigenvalue weighted by atomic mass is 79.9. The van der Waals surface area contributed by atoms with Gasteiger partial charge in [0.1, 0.15) is 0 Å². The summed E-state index contributed by atoms with van der Waals surface area (Å²) in [4.78, 5) is 4.34. The molecule has 0 fully saturated rings. The van der Waals surface area contributed by atoms with Gasteiger partial charge in [0.15, 0.2) is 0 Å². The molecule has 102 valence electrons. The van der Waals surface area contributed by atoms with Crippen LogP contribution in [0, 0.1) is 5.92 Å². The predicted molar refractivity (Wildman–Crippen MR) is 78.9 cm³/mol. The van der Waals surface area contributed by atoms with Crippen molar-refractivity contribution in [2.75, 3.05) is 13.2 Å². The maximum Gasteiger partial charge on any atom is 0.217 e. The van der Waals surface area contributed by atoms with Crippen LogP contribution in [-0.4, -0.2) is 18.1 Å². The molecule has 0 radical (unpaired) electrons. The van der Waals surface area contributed by atoms with Crippen molar-refractivity contribution < 1.29 is 4.74 Å². The highest BCUT2D eigenvalue weighted by Gasteiger charge is 2.06. The van der Waals surface area contributed by atoms with Crippen LogP contribution >= 0.6 is 15.9 Å². The molecule has 0 bridgehead atoms. The molecule has 0 unspecified atom stereocenters. The van der Waals surface area contributed by atoms with E-state index >= 15 is 0 Å². The lowest BCUT2D eigenvalue weighted by Gasteiger charge is -2.12. The molecule has 0 aliphatic rings. The summed E-state index contributed by atoms with van der Waals surface area (Å²) in [5, 5.41) is 3.42. The Bertz CT molecular complexity index is 356. The van der Waals surface area contributed by atoms with Gasteiger partial charge in [-0.15, -0.1) is 0 Å². The zero-order valence-electron chi connectivity index (χ0n) is 11.5. The molecular weight excluding hydrogens is 292 g/mol. The third-order valence-corrected chi connectivity index (χ3v) is 2.93. The van der Waals surface area contributed by atoms with Crippen LogP contribution in [0.25, 0.3) is 0 Å². The van der Waals surface area contributed by atoms with Gasteiger partial charge in [0.25, 0.3) is 0 Å². The Balaban J connectivity index is 2.58. The first kappa shape index (κ1) is 15.4. The van der Waals surface area contributed by atoms with Crippen molar-refractivity contribution in [2.45, 2.75) is 40.2 Å². The second kappa shape index (κ2) is 8.48. The molecule has 0 saturated carbocycles. The van der Waals surface area contributed by atoms with Crippen LogP contribution in [-0.2, 0) is 6.54 Å². The first-order valence-electron chi connectivity index (χ1n) is 6.61. The minimum absolute atomic E-state index is 0.648. The zero-order chi connectivity index (χ0) is 13.4. The molecule has 1 N–H and O–H groups in total. The smallest absolute Gasteiger partial charge is 0.217 e. The topological polar surface area (TPSA) is 34.1 Å². The predicted octanol–water partition coefficient (Wildman–Crippen LogP) is 3.77. The Kier molecular flexibility index (Phi) is 7.28. The van der Waals surface area contributed by atoms with Crippen molar-refractivity contribution >= 4 is 15.9 Å². The largest absolute Gasteiger partial charge is 0.477 e. The molecular formula is C14H23BrN2O. The van der Waals surface area contributed by atoms with Crippen molar-refractivity contribution in [3.63, 3.8) is 0 Å². The van der Waals surface area contributed by atoms with E-state index in [9.17, 15) is 0 Å². The second-order valence-corrected chi connectivity index (χ2v) is 5.76. The van der Waals surface area contributed by atoms with E-state index in [4.69, 9.17) is 4.74 Å². The number of rotatable bonds is 8. The number of pyridine rings is 1. The number of ether oxygens (including phenoxy) is 1. The number of halogens is 1. The fourth-order valence-electron chi connectivity index (χ4n) is 1.53. The van der Waals surface area contributed by atoms with Gasteiger partial charge in [-0.05, 0) is 40.9 Å². The normalized spacial score (nSPS) is 10.9. The SMILES string of the molecule is CCCCOc1ncc(Br)cc1CNCC(C)C. The van der Waals surface area contributed by atoms with Gasteiger partial charge in [0, 0.05) is 22.8 Å². The molecule has 0 aromatic carbocycles. The van der Waals surface area contributed by atoms with Crippen molar-refractivity contribution in [3.05, 3.63) is 22.3 Å². The van der Waals surface area contributed by atoms with Crippen molar-refractivity contribution in [2.24, 2.45) is 5.92 Å². The maximum atomic E-state index is 5.72. The van der Waals surface area contributed by atoms with Crippen LogP contribution in [0.2, 0.25) is 0 Å². The van der Waals surface area contributed by atoms with E-state index in [1.807, 2.05) is 0 Å². The molecule has 0 aliphatic heterocycles. The van der Waals surface area contributed by atoms with E-state index in [1.54, 1.807) is 6.20 Å². The summed E-state index contributed by atoms with van der Waals surface area (Å²) in [5.74, 6) is 1.40. The van der Waals surface area contributed by atoms with Crippen LogP contribution in [0.15, 0.2) is 16.7 Å². The molecule has 1 rings (SSSR count). The lowest BCUT2D eigenvalue weighted by molar-refractivity contribution is 0.293. The summed E-state index contributed by atoms with van der Waals surface area (Å²) in [5.41, 5.74) is 1.11. The van der Waals surface area contributed by atoms with E-state index in [-0.39, 0.29) is 0 Å². The van der Waals surface area contributed by atoms with E-state index in [0.717, 1.165) is 48.5 Å². The van der Waals surface area contributed by atoms with Crippen molar-refractivity contribution in [1.82, 2.24) is 10.3 Å². The molecule has 0 amide bonds. The molecule has 0 spiro atoms. The van der Waals surface area contributed by atoms with E-state index in [1.165, 1.54) is 0 Å². The zero-order valence-corrected chi connectivity index (χ0v) is 13.1. The summed E-state index contributed by atoms with van der Waals surface area (Å²) in [6, 6.07) is 2.07. The van der Waals surface area contributed by atoms with Gasteiger partial charge in [-0.2, -0.15) is 0 Å². The molecule has 0 aliphatic carbocycles. The highest BCUT2D eigenvalue weighted by Crippen LogP contribution is 2.20. The van der Waals surface area contributed by atoms with E-state index in [0.29, 0.717) is 5.92 Å². The number of nitrogens with one attached hydrogen (secondary N) is 1. The van der Waals surface area contributed by atoms with Crippen LogP contribution in [0.3, 0.4) is 0 Å². The van der Waals surface area contributed by atoms with Gasteiger partial charge in [-0.3, -0.25) is 0 Å². The van der Waals surface area contributed by atoms with Gasteiger partial charge in [0.05, 0.1) is 6.61 Å². The van der Waals surface area contributed by atoms with Crippen molar-refractivity contribution in [3.8, 4) is 5.88 Å². The minimum atomic E-state index is 0.648. The molecule has 0 atom stereocenters. The summed E-state index contributed by atoms with van der Waals surface area (Å²) in [6.45, 7) is 9.09. The van der Waals surface area contributed by atoms with Crippen LogP contribution < -0.4 is 10.1 Å². The fourth-order valence-corrected chi connectivity index (χ4v) is 1.91. The lowest BCUT2D eigenvalue weighted by atomic mass is 10.2. The quantitative estimate of drug-likeness (QED) is 0.742. The first-order chi connectivity index (χ1) is 8.63. The van der Waals surface area contributed by atoms with Crippen LogP contribution in [0.5, 0.6) is 5.88 Å². The Hall–Kier alpha value is -0.610. The molecule has 18 heavy (non-hydrogen) atoms. The third kappa shape index (κ3) is 5.83. The summed E-state index contributed by atoms with van der Waals surface area (Å²) in [6.07, 6.45) is 3.99. The van der Waals surface area contributed by atoms with Gasteiger partial charge in [-0.1, -0.05) is 27.2 Å². The second-order valence-electron chi connectivity index (χ2n) is 4.84.